The number of hydrogen-bond donors (Lipinski definition) is 0. The van der Waals surface area contributed by atoms with Gasteiger partial charge < -0.3 is 0 Å². The Morgan fingerprint density at radius 3 is 1.73 bits per heavy atom. The van der Waals surface area contributed by atoms with Crippen molar-refractivity contribution >= 4 is 11.4 Å². The van der Waals surface area contributed by atoms with E-state index < -0.39 is 9.85 Å². The van der Waals surface area contributed by atoms with Crippen molar-refractivity contribution in [1.29, 1.82) is 0 Å². The van der Waals surface area contributed by atoms with Gasteiger partial charge in [0.25, 0.3) is 0 Å². The molecule has 0 aromatic heterocycles. The van der Waals surface area contributed by atoms with Crippen LogP contribution in [0.5, 0.6) is 0 Å². The van der Waals surface area contributed by atoms with Gasteiger partial charge in [0, 0.05) is 9.85 Å². The molecule has 74 valence electrons. The van der Waals surface area contributed by atoms with Gasteiger partial charge in [-0.15, -0.1) is 0 Å². The fourth-order valence-electron chi connectivity index (χ4n) is 1.12. The second-order valence-corrected chi connectivity index (χ2v) is 2.77. The molecule has 0 fully saturated rings. The molecule has 0 unspecified atom stereocenters. The maximum atomic E-state index is 10.5. The van der Waals surface area contributed by atoms with Gasteiger partial charge in [-0.2, -0.15) is 12.5 Å². The summed E-state index contributed by atoms with van der Waals surface area (Å²) in [4.78, 5) is 19.7. The molecule has 0 heterocycles. The van der Waals surface area contributed by atoms with Crippen LogP contribution in [-0.2, 0) is 32.7 Å². The number of rotatable bonds is 2. The third-order valence-electron chi connectivity index (χ3n) is 1.81. The van der Waals surface area contributed by atoms with Crippen LogP contribution >= 0.6 is 0 Å². The van der Waals surface area contributed by atoms with Crippen LogP contribution in [0.2, 0.25) is 0 Å². The van der Waals surface area contributed by atoms with Gasteiger partial charge in [0.15, 0.2) is 0 Å². The van der Waals surface area contributed by atoms with Crippen LogP contribution in [0.15, 0.2) is 12.1 Å². The van der Waals surface area contributed by atoms with Gasteiger partial charge >= 0.3 is 32.7 Å². The molecular formula is C8H7N2O4Y+2. The van der Waals surface area contributed by atoms with Crippen molar-refractivity contribution in [1.82, 2.24) is 0 Å². The number of nitro groups is 2. The summed E-state index contributed by atoms with van der Waals surface area (Å²) in [6.45, 7) is 4.78. The molecule has 0 radical (unpaired) electrons. The summed E-state index contributed by atoms with van der Waals surface area (Å²) in [5.74, 6) is 0. The smallest absolute Gasteiger partial charge is 0.259 e. The molecule has 0 spiro atoms. The van der Waals surface area contributed by atoms with Crippen LogP contribution < -0.4 is 0 Å². The Morgan fingerprint density at radius 2 is 1.47 bits per heavy atom. The van der Waals surface area contributed by atoms with Gasteiger partial charge in [-0.05, 0) is 6.92 Å². The molecular weight excluding hydrogens is 277 g/mol. The molecule has 0 amide bonds. The monoisotopic (exact) mass is 284 g/mol. The van der Waals surface area contributed by atoms with Gasteiger partial charge in [0.05, 0.1) is 5.56 Å². The maximum absolute atomic E-state index is 10.5. The van der Waals surface area contributed by atoms with Crippen LogP contribution in [0, 0.1) is 34.1 Å². The number of hydrogen-bond acceptors (Lipinski definition) is 4. The van der Waals surface area contributed by atoms with Crippen molar-refractivity contribution in [2.24, 2.45) is 0 Å². The van der Waals surface area contributed by atoms with E-state index in [1.54, 1.807) is 0 Å². The minimum atomic E-state index is -0.656. The molecule has 0 N–H and O–H groups in total. The van der Waals surface area contributed by atoms with E-state index in [4.69, 9.17) is 0 Å². The zero-order valence-electron chi connectivity index (χ0n) is 7.97. The Hall–Kier alpha value is -1.01. The first-order chi connectivity index (χ1) is 6.43. The Labute approximate surface area is 111 Å². The van der Waals surface area contributed by atoms with E-state index in [0.717, 1.165) is 0 Å². The number of nitro benzene ring substituents is 2. The summed E-state index contributed by atoms with van der Waals surface area (Å²) in [6.07, 6.45) is 0. The quantitative estimate of drug-likeness (QED) is 0.472. The Bertz CT molecular complexity index is 384. The minimum Gasteiger partial charge on any atom is -0.259 e. The second-order valence-electron chi connectivity index (χ2n) is 2.77. The van der Waals surface area contributed by atoms with Crippen LogP contribution in [-0.4, -0.2) is 9.85 Å². The molecule has 1 aromatic rings. The molecule has 1 rings (SSSR count). The Morgan fingerprint density at radius 1 is 1.13 bits per heavy atom. The van der Waals surface area contributed by atoms with Crippen molar-refractivity contribution in [2.45, 2.75) is 6.92 Å². The van der Waals surface area contributed by atoms with Gasteiger partial charge in [-0.3, -0.25) is 20.2 Å². The standard InChI is InChI=1S/C8H7N2O4.Y/c1-5-3-7(9(11)12)6(2)8(4-5)10(13)14;/h3-4H,1H2,2H3;/q-1;+3. The molecule has 0 saturated heterocycles. The van der Waals surface area contributed by atoms with Crippen molar-refractivity contribution in [3.8, 4) is 0 Å². The molecule has 0 aliphatic carbocycles. The fourth-order valence-corrected chi connectivity index (χ4v) is 1.12. The van der Waals surface area contributed by atoms with Crippen molar-refractivity contribution in [3.05, 3.63) is 50.4 Å². The summed E-state index contributed by atoms with van der Waals surface area (Å²) in [6, 6.07) is 2.42. The Balaban J connectivity index is 0.00000196. The second kappa shape index (κ2) is 5.18. The van der Waals surface area contributed by atoms with E-state index in [1.807, 2.05) is 0 Å². The summed E-state index contributed by atoms with van der Waals surface area (Å²) < 4.78 is 0. The van der Waals surface area contributed by atoms with Crippen LogP contribution in [0.25, 0.3) is 0 Å². The first kappa shape index (κ1) is 14.0. The van der Waals surface area contributed by atoms with Gasteiger partial charge in [-0.1, -0.05) is 12.1 Å². The predicted molar refractivity (Wildman–Crippen MR) is 48.9 cm³/mol. The van der Waals surface area contributed by atoms with Crippen LogP contribution in [0.4, 0.5) is 11.4 Å². The molecule has 1 aromatic carbocycles. The molecule has 0 aliphatic heterocycles. The molecule has 0 aliphatic rings. The average molecular weight is 284 g/mol. The molecule has 0 bridgehead atoms. The first-order valence-corrected chi connectivity index (χ1v) is 3.69. The summed E-state index contributed by atoms with van der Waals surface area (Å²) >= 11 is 0. The van der Waals surface area contributed by atoms with E-state index in [2.05, 4.69) is 6.92 Å². The van der Waals surface area contributed by atoms with Crippen molar-refractivity contribution in [2.75, 3.05) is 0 Å². The Kier molecular flexibility index (Phi) is 4.83. The van der Waals surface area contributed by atoms with E-state index in [0.29, 0.717) is 0 Å². The third-order valence-corrected chi connectivity index (χ3v) is 1.81. The van der Waals surface area contributed by atoms with E-state index in [-0.39, 0.29) is 55.2 Å². The zero-order valence-corrected chi connectivity index (χ0v) is 10.8. The number of benzene rings is 1. The topological polar surface area (TPSA) is 86.3 Å². The first-order valence-electron chi connectivity index (χ1n) is 3.69. The molecule has 7 heteroatoms. The summed E-state index contributed by atoms with van der Waals surface area (Å²) in [7, 11) is 0. The van der Waals surface area contributed by atoms with Crippen LogP contribution in [0.3, 0.4) is 0 Å². The van der Waals surface area contributed by atoms with Gasteiger partial charge in [0.2, 0.25) is 11.4 Å². The predicted octanol–water partition coefficient (Wildman–Crippen LogP) is 1.99. The number of nitrogens with zero attached hydrogens (tertiary/aromatic N) is 2. The summed E-state index contributed by atoms with van der Waals surface area (Å²) in [5.41, 5.74) is -0.241. The SMILES string of the molecule is [CH2-]c1cc([N+](=O)[O-])c(C)c([N+](=O)[O-])c1.[Y+3]. The molecule has 15 heavy (non-hydrogen) atoms. The third kappa shape index (κ3) is 2.97. The van der Waals surface area contributed by atoms with E-state index in [9.17, 15) is 20.2 Å². The van der Waals surface area contributed by atoms with Gasteiger partial charge in [-0.25, -0.2) is 0 Å². The van der Waals surface area contributed by atoms with Crippen LogP contribution in [0.1, 0.15) is 11.1 Å². The van der Waals surface area contributed by atoms with Gasteiger partial charge in [0.1, 0.15) is 0 Å². The zero-order chi connectivity index (χ0) is 10.9. The van der Waals surface area contributed by atoms with E-state index >= 15 is 0 Å². The molecule has 0 saturated carbocycles. The van der Waals surface area contributed by atoms with Crippen molar-refractivity contribution < 1.29 is 42.6 Å². The largest absolute Gasteiger partial charge is 3.00 e. The maximum Gasteiger partial charge on any atom is 3.00 e. The normalized spacial score (nSPS) is 9.13. The van der Waals surface area contributed by atoms with Crippen molar-refractivity contribution in [3.63, 3.8) is 0 Å². The molecule has 0 atom stereocenters. The molecule has 6 nitrogen and oxygen atoms in total. The average Bonchev–Trinajstić information content (AvgIpc) is 2.07. The fraction of sp³-hybridized carbons (Fsp3) is 0.125. The minimum absolute atomic E-state index is 0. The van der Waals surface area contributed by atoms with E-state index in [1.165, 1.54) is 19.1 Å². The summed E-state index contributed by atoms with van der Waals surface area (Å²) in [5, 5.41) is 21.0.